The van der Waals surface area contributed by atoms with Crippen molar-refractivity contribution in [2.24, 2.45) is 0 Å². The summed E-state index contributed by atoms with van der Waals surface area (Å²) in [6.45, 7) is 1.83. The summed E-state index contributed by atoms with van der Waals surface area (Å²) in [7, 11) is 0. The molecule has 1 aromatic heterocycles. The predicted molar refractivity (Wildman–Crippen MR) is 143 cm³/mol. The summed E-state index contributed by atoms with van der Waals surface area (Å²) in [5, 5.41) is 8.60. The molecule has 3 heteroatoms. The number of aromatic nitrogens is 1. The lowest BCUT2D eigenvalue weighted by atomic mass is 9.94. The van der Waals surface area contributed by atoms with Crippen molar-refractivity contribution in [3.8, 4) is 33.4 Å². The molecule has 0 fully saturated rings. The van der Waals surface area contributed by atoms with E-state index >= 15 is 0 Å². The molecule has 0 aliphatic rings. The van der Waals surface area contributed by atoms with E-state index in [9.17, 15) is 0 Å². The molecule has 0 saturated carbocycles. The Labute approximate surface area is 200 Å². The van der Waals surface area contributed by atoms with Gasteiger partial charge in [0.15, 0.2) is 0 Å². The molecule has 1 N–H and O–H groups in total. The molecule has 4 aromatic carbocycles. The van der Waals surface area contributed by atoms with E-state index in [1.54, 1.807) is 6.20 Å². The second-order valence-corrected chi connectivity index (χ2v) is 8.18. The summed E-state index contributed by atoms with van der Waals surface area (Å²) in [6, 6.07) is 39.6. The first-order valence-corrected chi connectivity index (χ1v) is 11.3. The molecule has 0 atom stereocenters. The molecule has 0 spiro atoms. The number of pyridine rings is 1. The Morgan fingerprint density at radius 2 is 1.26 bits per heavy atom. The highest BCUT2D eigenvalue weighted by Gasteiger charge is 2.18. The minimum absolute atomic E-state index is 0.459. The van der Waals surface area contributed by atoms with Crippen LogP contribution in [-0.4, -0.2) is 10.8 Å². The molecule has 0 aliphatic heterocycles. The van der Waals surface area contributed by atoms with E-state index in [-0.39, 0.29) is 0 Å². The molecule has 5 aromatic rings. The van der Waals surface area contributed by atoms with Crippen LogP contribution >= 0.6 is 0 Å². The molecule has 5 rings (SSSR count). The lowest BCUT2D eigenvalue weighted by Gasteiger charge is -2.27. The summed E-state index contributed by atoms with van der Waals surface area (Å²) < 4.78 is 0. The van der Waals surface area contributed by atoms with Crippen LogP contribution in [-0.2, 0) is 0 Å². The molecule has 0 amide bonds. The molecule has 164 valence electrons. The van der Waals surface area contributed by atoms with Crippen molar-refractivity contribution in [1.82, 2.24) is 4.98 Å². The molecule has 0 bridgehead atoms. The van der Waals surface area contributed by atoms with Gasteiger partial charge in [-0.25, -0.2) is 0 Å². The third kappa shape index (κ3) is 4.37. The zero-order chi connectivity index (χ0) is 23.3. The Morgan fingerprint density at radius 1 is 0.618 bits per heavy atom. The van der Waals surface area contributed by atoms with Gasteiger partial charge >= 0.3 is 0 Å². The average Bonchev–Trinajstić information content (AvgIpc) is 2.90. The number of hydrogen-bond donors (Lipinski definition) is 1. The zero-order valence-corrected chi connectivity index (χ0v) is 19.0. The van der Waals surface area contributed by atoms with Crippen LogP contribution < -0.4 is 4.90 Å². The van der Waals surface area contributed by atoms with Crippen molar-refractivity contribution in [2.45, 2.75) is 6.92 Å². The summed E-state index contributed by atoms with van der Waals surface area (Å²) in [4.78, 5) is 6.30. The SMILES string of the molecule is CC(=N)N(c1ccccc1)c1ccc(-c2cccnc2)cc1-c1cccc(-c2ccccc2)c1. The maximum absolute atomic E-state index is 8.60. The van der Waals surface area contributed by atoms with Crippen LogP contribution in [0.2, 0.25) is 0 Å². The largest absolute Gasteiger partial charge is 0.299 e. The number of para-hydroxylation sites is 1. The number of nitrogens with zero attached hydrogens (tertiary/aromatic N) is 2. The smallest absolute Gasteiger partial charge is 0.102 e. The van der Waals surface area contributed by atoms with E-state index in [2.05, 4.69) is 77.8 Å². The summed E-state index contributed by atoms with van der Waals surface area (Å²) in [5.74, 6) is 0.459. The standard InChI is InChI=1S/C31H25N3/c1-23(32)34(29-15-6-3-7-16-29)31-18-17-26(28-14-9-19-33-22-28)21-30(31)27-13-8-12-25(20-27)24-10-4-2-5-11-24/h2-22,32H,1H3. The molecule has 0 radical (unpaired) electrons. The van der Waals surface area contributed by atoms with Gasteiger partial charge in [-0.1, -0.05) is 78.9 Å². The van der Waals surface area contributed by atoms with Crippen molar-refractivity contribution in [1.29, 1.82) is 5.41 Å². The van der Waals surface area contributed by atoms with Gasteiger partial charge in [-0.3, -0.25) is 15.3 Å². The van der Waals surface area contributed by atoms with Crippen LogP contribution in [0.5, 0.6) is 0 Å². The van der Waals surface area contributed by atoms with E-state index in [1.165, 1.54) is 5.56 Å². The lowest BCUT2D eigenvalue weighted by Crippen LogP contribution is -2.22. The molecule has 0 unspecified atom stereocenters. The Bertz CT molecular complexity index is 1410. The minimum atomic E-state index is 0.459. The number of hydrogen-bond acceptors (Lipinski definition) is 2. The second kappa shape index (κ2) is 9.55. The van der Waals surface area contributed by atoms with E-state index in [4.69, 9.17) is 5.41 Å². The van der Waals surface area contributed by atoms with Gasteiger partial charge in [0, 0.05) is 29.2 Å². The van der Waals surface area contributed by atoms with Crippen LogP contribution in [0.3, 0.4) is 0 Å². The van der Waals surface area contributed by atoms with Crippen molar-refractivity contribution < 1.29 is 0 Å². The average molecular weight is 440 g/mol. The van der Waals surface area contributed by atoms with E-state index < -0.39 is 0 Å². The number of benzene rings is 4. The Hall–Kier alpha value is -4.50. The number of nitrogens with one attached hydrogen (secondary N) is 1. The van der Waals surface area contributed by atoms with E-state index in [0.717, 1.165) is 39.2 Å². The molecule has 1 heterocycles. The van der Waals surface area contributed by atoms with Crippen molar-refractivity contribution in [3.63, 3.8) is 0 Å². The lowest BCUT2D eigenvalue weighted by molar-refractivity contribution is 1.27. The van der Waals surface area contributed by atoms with Gasteiger partial charge in [-0.2, -0.15) is 0 Å². The first-order valence-electron chi connectivity index (χ1n) is 11.3. The van der Waals surface area contributed by atoms with E-state index in [0.29, 0.717) is 5.84 Å². The molecule has 34 heavy (non-hydrogen) atoms. The van der Waals surface area contributed by atoms with Gasteiger partial charge in [0.1, 0.15) is 5.84 Å². The first kappa shape index (κ1) is 21.4. The monoisotopic (exact) mass is 439 g/mol. The van der Waals surface area contributed by atoms with Crippen LogP contribution in [0.1, 0.15) is 6.92 Å². The third-order valence-electron chi connectivity index (χ3n) is 5.86. The number of rotatable bonds is 5. The Morgan fingerprint density at radius 3 is 1.97 bits per heavy atom. The number of anilines is 2. The van der Waals surface area contributed by atoms with Crippen molar-refractivity contribution >= 4 is 17.2 Å². The highest BCUT2D eigenvalue weighted by molar-refractivity contribution is 6.05. The van der Waals surface area contributed by atoms with Crippen LogP contribution in [0.4, 0.5) is 11.4 Å². The Kier molecular flexibility index (Phi) is 6.00. The fourth-order valence-electron chi connectivity index (χ4n) is 4.26. The highest BCUT2D eigenvalue weighted by Crippen LogP contribution is 2.39. The van der Waals surface area contributed by atoms with Crippen molar-refractivity contribution in [2.75, 3.05) is 4.90 Å². The quantitative estimate of drug-likeness (QED) is 0.221. The minimum Gasteiger partial charge on any atom is -0.299 e. The normalized spacial score (nSPS) is 10.6. The molecule has 3 nitrogen and oxygen atoms in total. The van der Waals surface area contributed by atoms with Gasteiger partial charge in [0.05, 0.1) is 5.69 Å². The molecular formula is C31H25N3. The fraction of sp³-hybridized carbons (Fsp3) is 0.0323. The molecular weight excluding hydrogens is 414 g/mol. The maximum Gasteiger partial charge on any atom is 0.102 e. The van der Waals surface area contributed by atoms with Crippen molar-refractivity contribution in [3.05, 3.63) is 128 Å². The predicted octanol–water partition coefficient (Wildman–Crippen LogP) is 8.22. The first-order chi connectivity index (χ1) is 16.7. The third-order valence-corrected chi connectivity index (χ3v) is 5.86. The van der Waals surface area contributed by atoms with Crippen LogP contribution in [0, 0.1) is 5.41 Å². The number of amidine groups is 1. The van der Waals surface area contributed by atoms with Gasteiger partial charge in [0.2, 0.25) is 0 Å². The zero-order valence-electron chi connectivity index (χ0n) is 19.0. The maximum atomic E-state index is 8.60. The van der Waals surface area contributed by atoms with Gasteiger partial charge in [-0.05, 0) is 65.6 Å². The van der Waals surface area contributed by atoms with Gasteiger partial charge < -0.3 is 0 Å². The van der Waals surface area contributed by atoms with E-state index in [1.807, 2.05) is 60.5 Å². The summed E-state index contributed by atoms with van der Waals surface area (Å²) >= 11 is 0. The van der Waals surface area contributed by atoms with Gasteiger partial charge in [0.25, 0.3) is 0 Å². The molecule has 0 aliphatic carbocycles. The molecule has 0 saturated heterocycles. The topological polar surface area (TPSA) is 40.0 Å². The summed E-state index contributed by atoms with van der Waals surface area (Å²) in [5.41, 5.74) is 8.59. The fourth-order valence-corrected chi connectivity index (χ4v) is 4.26. The highest BCUT2D eigenvalue weighted by atomic mass is 15.2. The van der Waals surface area contributed by atoms with Crippen LogP contribution in [0.25, 0.3) is 33.4 Å². The van der Waals surface area contributed by atoms with Gasteiger partial charge in [-0.15, -0.1) is 0 Å². The summed E-state index contributed by atoms with van der Waals surface area (Å²) in [6.07, 6.45) is 3.67. The van der Waals surface area contributed by atoms with Crippen LogP contribution in [0.15, 0.2) is 128 Å². The Balaban J connectivity index is 1.71. The second-order valence-electron chi connectivity index (χ2n) is 8.18.